The predicted molar refractivity (Wildman–Crippen MR) is 86.0 cm³/mol. The smallest absolute Gasteiger partial charge is 0.321 e. The number of fused-ring (bicyclic) bond motifs is 1. The largest absolute Gasteiger partial charge is 0.424 e. The second-order valence-electron chi connectivity index (χ2n) is 5.65. The highest BCUT2D eigenvalue weighted by Gasteiger charge is 2.12. The van der Waals surface area contributed by atoms with Gasteiger partial charge in [-0.2, -0.15) is 0 Å². The topological polar surface area (TPSA) is 35.0 Å². The fourth-order valence-electron chi connectivity index (χ4n) is 2.88. The molecule has 2 aromatic carbocycles. The Labute approximate surface area is 133 Å². The Morgan fingerprint density at radius 1 is 0.826 bits per heavy atom. The van der Waals surface area contributed by atoms with E-state index in [4.69, 9.17) is 4.74 Å². The van der Waals surface area contributed by atoms with Crippen molar-refractivity contribution in [3.05, 3.63) is 71.8 Å². The van der Waals surface area contributed by atoms with E-state index in [1.165, 1.54) is 29.7 Å². The van der Waals surface area contributed by atoms with Gasteiger partial charge in [-0.3, -0.25) is 0 Å². The first-order valence-corrected chi connectivity index (χ1v) is 7.65. The summed E-state index contributed by atoms with van der Waals surface area (Å²) in [6.07, 6.45) is 6.84. The average molecular weight is 306 g/mol. The standard InChI is InChI=1S/C19H15FN2O/c20-17-7-4-14(5-8-17)16-11-21-19(22-12-16)23-18-9-6-13-2-1-3-15(13)10-18/h4-12H,1-3H2. The molecule has 0 spiro atoms. The first kappa shape index (κ1) is 13.9. The average Bonchev–Trinajstić information content (AvgIpc) is 3.04. The number of aryl methyl sites for hydroxylation is 2. The fraction of sp³-hybridized carbons (Fsp3) is 0.158. The molecule has 4 rings (SSSR count). The normalized spacial score (nSPS) is 12.9. The second kappa shape index (κ2) is 5.80. The van der Waals surface area contributed by atoms with Crippen molar-refractivity contribution in [2.75, 3.05) is 0 Å². The first-order valence-electron chi connectivity index (χ1n) is 7.65. The number of ether oxygens (including phenoxy) is 1. The molecule has 0 atom stereocenters. The molecule has 0 fully saturated rings. The highest BCUT2D eigenvalue weighted by molar-refractivity contribution is 5.61. The molecule has 0 aliphatic heterocycles. The molecular formula is C19H15FN2O. The lowest BCUT2D eigenvalue weighted by Gasteiger charge is -2.07. The van der Waals surface area contributed by atoms with Crippen LogP contribution < -0.4 is 4.74 Å². The van der Waals surface area contributed by atoms with Crippen LogP contribution in [0, 0.1) is 5.82 Å². The number of aromatic nitrogens is 2. The SMILES string of the molecule is Fc1ccc(-c2cnc(Oc3ccc4c(c3)CCC4)nc2)cc1. The molecule has 0 bridgehead atoms. The first-order chi connectivity index (χ1) is 11.3. The van der Waals surface area contributed by atoms with Crippen molar-refractivity contribution in [3.63, 3.8) is 0 Å². The van der Waals surface area contributed by atoms with Gasteiger partial charge < -0.3 is 4.74 Å². The fourth-order valence-corrected chi connectivity index (χ4v) is 2.88. The Kier molecular flexibility index (Phi) is 3.50. The van der Waals surface area contributed by atoms with Gasteiger partial charge in [0.2, 0.25) is 0 Å². The number of hydrogen-bond donors (Lipinski definition) is 0. The minimum Gasteiger partial charge on any atom is -0.424 e. The van der Waals surface area contributed by atoms with E-state index >= 15 is 0 Å². The molecule has 114 valence electrons. The van der Waals surface area contributed by atoms with Gasteiger partial charge in [-0.25, -0.2) is 14.4 Å². The van der Waals surface area contributed by atoms with Gasteiger partial charge in [0.05, 0.1) is 0 Å². The number of rotatable bonds is 3. The third-order valence-corrected chi connectivity index (χ3v) is 4.08. The predicted octanol–water partition coefficient (Wildman–Crippen LogP) is 4.56. The second-order valence-corrected chi connectivity index (χ2v) is 5.65. The highest BCUT2D eigenvalue weighted by Crippen LogP contribution is 2.28. The summed E-state index contributed by atoms with van der Waals surface area (Å²) in [7, 11) is 0. The van der Waals surface area contributed by atoms with Crippen LogP contribution in [0.5, 0.6) is 11.8 Å². The van der Waals surface area contributed by atoms with Crippen LogP contribution in [0.2, 0.25) is 0 Å². The number of nitrogens with zero attached hydrogens (tertiary/aromatic N) is 2. The zero-order chi connectivity index (χ0) is 15.6. The molecule has 0 saturated heterocycles. The summed E-state index contributed by atoms with van der Waals surface area (Å²) in [5, 5.41) is 0. The maximum atomic E-state index is 13.0. The zero-order valence-electron chi connectivity index (χ0n) is 12.5. The van der Waals surface area contributed by atoms with E-state index < -0.39 is 0 Å². The quantitative estimate of drug-likeness (QED) is 0.711. The van der Waals surface area contributed by atoms with E-state index in [0.717, 1.165) is 29.7 Å². The Balaban J connectivity index is 1.53. The lowest BCUT2D eigenvalue weighted by atomic mass is 10.1. The molecule has 23 heavy (non-hydrogen) atoms. The van der Waals surface area contributed by atoms with Crippen LogP contribution in [0.4, 0.5) is 4.39 Å². The van der Waals surface area contributed by atoms with Crippen molar-refractivity contribution >= 4 is 0 Å². The van der Waals surface area contributed by atoms with Crippen LogP contribution in [0.1, 0.15) is 17.5 Å². The van der Waals surface area contributed by atoms with Crippen LogP contribution in [-0.2, 0) is 12.8 Å². The monoisotopic (exact) mass is 306 g/mol. The summed E-state index contributed by atoms with van der Waals surface area (Å²) >= 11 is 0. The van der Waals surface area contributed by atoms with E-state index in [0.29, 0.717) is 6.01 Å². The summed E-state index contributed by atoms with van der Waals surface area (Å²) in [5.74, 6) is 0.506. The molecule has 1 aliphatic rings. The molecule has 4 heteroatoms. The van der Waals surface area contributed by atoms with Gasteiger partial charge in [0, 0.05) is 18.0 Å². The van der Waals surface area contributed by atoms with Crippen LogP contribution >= 0.6 is 0 Å². The lowest BCUT2D eigenvalue weighted by Crippen LogP contribution is -1.93. The van der Waals surface area contributed by atoms with Gasteiger partial charge in [0.25, 0.3) is 0 Å². The third-order valence-electron chi connectivity index (χ3n) is 4.08. The molecule has 0 amide bonds. The van der Waals surface area contributed by atoms with E-state index in [-0.39, 0.29) is 5.82 Å². The van der Waals surface area contributed by atoms with Crippen molar-refractivity contribution in [1.29, 1.82) is 0 Å². The van der Waals surface area contributed by atoms with E-state index in [1.807, 2.05) is 6.07 Å². The molecule has 1 heterocycles. The summed E-state index contributed by atoms with van der Waals surface area (Å²) in [5.41, 5.74) is 4.46. The van der Waals surface area contributed by atoms with Crippen LogP contribution in [-0.4, -0.2) is 9.97 Å². The molecule has 3 nitrogen and oxygen atoms in total. The summed E-state index contributed by atoms with van der Waals surface area (Å²) in [6.45, 7) is 0. The molecule has 1 aromatic heterocycles. The van der Waals surface area contributed by atoms with Crippen LogP contribution in [0.3, 0.4) is 0 Å². The van der Waals surface area contributed by atoms with Gasteiger partial charge in [0.1, 0.15) is 11.6 Å². The Bertz CT molecular complexity index is 829. The van der Waals surface area contributed by atoms with Crippen molar-refractivity contribution in [2.45, 2.75) is 19.3 Å². The molecular weight excluding hydrogens is 291 g/mol. The summed E-state index contributed by atoms with van der Waals surface area (Å²) in [4.78, 5) is 8.48. The zero-order valence-corrected chi connectivity index (χ0v) is 12.5. The van der Waals surface area contributed by atoms with Crippen molar-refractivity contribution in [1.82, 2.24) is 9.97 Å². The van der Waals surface area contributed by atoms with E-state index in [9.17, 15) is 4.39 Å². The maximum Gasteiger partial charge on any atom is 0.321 e. The van der Waals surface area contributed by atoms with E-state index in [1.54, 1.807) is 24.5 Å². The van der Waals surface area contributed by atoms with Gasteiger partial charge in [-0.05, 0) is 60.2 Å². The lowest BCUT2D eigenvalue weighted by molar-refractivity contribution is 0.441. The molecule has 1 aliphatic carbocycles. The van der Waals surface area contributed by atoms with Gasteiger partial charge in [-0.1, -0.05) is 18.2 Å². The Morgan fingerprint density at radius 2 is 1.57 bits per heavy atom. The summed E-state index contributed by atoms with van der Waals surface area (Å²) in [6, 6.07) is 12.7. The third kappa shape index (κ3) is 2.93. The highest BCUT2D eigenvalue weighted by atomic mass is 19.1. The number of hydrogen-bond acceptors (Lipinski definition) is 3. The molecule has 0 saturated carbocycles. The van der Waals surface area contributed by atoms with Gasteiger partial charge in [0.15, 0.2) is 0 Å². The molecule has 0 unspecified atom stereocenters. The van der Waals surface area contributed by atoms with Crippen molar-refractivity contribution in [3.8, 4) is 22.9 Å². The van der Waals surface area contributed by atoms with Crippen molar-refractivity contribution < 1.29 is 9.13 Å². The maximum absolute atomic E-state index is 13.0. The molecule has 0 N–H and O–H groups in total. The molecule has 0 radical (unpaired) electrons. The molecule has 3 aromatic rings. The van der Waals surface area contributed by atoms with Gasteiger partial charge >= 0.3 is 6.01 Å². The Morgan fingerprint density at radius 3 is 2.35 bits per heavy atom. The van der Waals surface area contributed by atoms with E-state index in [2.05, 4.69) is 22.1 Å². The minimum absolute atomic E-state index is 0.258. The van der Waals surface area contributed by atoms with Crippen molar-refractivity contribution in [2.24, 2.45) is 0 Å². The summed E-state index contributed by atoms with van der Waals surface area (Å²) < 4.78 is 18.7. The van der Waals surface area contributed by atoms with Gasteiger partial charge in [-0.15, -0.1) is 0 Å². The number of benzene rings is 2. The van der Waals surface area contributed by atoms with Crippen LogP contribution in [0.25, 0.3) is 11.1 Å². The number of halogens is 1. The Hall–Kier alpha value is -2.75. The minimum atomic E-state index is -0.258. The van der Waals surface area contributed by atoms with Crippen LogP contribution in [0.15, 0.2) is 54.9 Å².